The average molecular weight is 228 g/mol. The fourth-order valence-corrected chi connectivity index (χ4v) is 2.18. The van der Waals surface area contributed by atoms with Crippen LogP contribution in [0.25, 0.3) is 0 Å². The number of piperidine rings is 1. The molecule has 1 fully saturated rings. The maximum atomic E-state index is 10.7. The Bertz CT molecular complexity index is 291. The lowest BCUT2D eigenvalue weighted by atomic mass is 9.88. The number of rotatable bonds is 1. The van der Waals surface area contributed by atoms with Gasteiger partial charge in [-0.2, -0.15) is 0 Å². The molecule has 0 aromatic carbocycles. The molecule has 2 heterocycles. The van der Waals surface area contributed by atoms with Crippen molar-refractivity contribution in [3.8, 4) is 0 Å². The van der Waals surface area contributed by atoms with Gasteiger partial charge in [-0.15, -0.1) is 0 Å². The quantitative estimate of drug-likeness (QED) is 0.735. The highest BCUT2D eigenvalue weighted by Crippen LogP contribution is 2.32. The summed E-state index contributed by atoms with van der Waals surface area (Å²) in [5, 5.41) is 12.4. The van der Waals surface area contributed by atoms with Crippen molar-refractivity contribution in [3.05, 3.63) is 0 Å². The summed E-state index contributed by atoms with van der Waals surface area (Å²) in [4.78, 5) is 18.1. The highest BCUT2D eigenvalue weighted by molar-refractivity contribution is 6.36. The lowest BCUT2D eigenvalue weighted by Crippen LogP contribution is -2.46. The Morgan fingerprint density at radius 2 is 2.25 bits per heavy atom. The Morgan fingerprint density at radius 3 is 2.75 bits per heavy atom. The van der Waals surface area contributed by atoms with E-state index in [1.165, 1.54) is 0 Å². The molecule has 0 radical (unpaired) electrons. The first-order chi connectivity index (χ1) is 7.61. The zero-order chi connectivity index (χ0) is 12.2. The van der Waals surface area contributed by atoms with Crippen LogP contribution in [0.1, 0.15) is 33.1 Å². The van der Waals surface area contributed by atoms with E-state index in [1.54, 1.807) is 0 Å². The summed E-state index contributed by atoms with van der Waals surface area (Å²) < 4.78 is 0. The van der Waals surface area contributed by atoms with E-state index in [0.29, 0.717) is 6.42 Å². The Hall–Kier alpha value is -1.10. The third-order valence-corrected chi connectivity index (χ3v) is 2.82. The third-order valence-electron chi connectivity index (χ3n) is 2.82. The van der Waals surface area contributed by atoms with Gasteiger partial charge in [0.15, 0.2) is 11.3 Å². The van der Waals surface area contributed by atoms with Gasteiger partial charge < -0.3 is 14.8 Å². The molecule has 0 aromatic heterocycles. The number of hydrogen-bond donors (Lipinski definition) is 1. The lowest BCUT2D eigenvalue weighted by molar-refractivity contribution is -0.129. The molecular weight excluding hydrogens is 208 g/mol. The highest BCUT2D eigenvalue weighted by atomic mass is 16.7. The Kier molecular flexibility index (Phi) is 4.29. The molecule has 0 saturated carbocycles. The average Bonchev–Trinajstić information content (AvgIpc) is 2.65. The second-order valence-electron chi connectivity index (χ2n) is 4.14. The molecule has 0 bridgehead atoms. The van der Waals surface area contributed by atoms with Crippen LogP contribution in [0.4, 0.5) is 0 Å². The first kappa shape index (κ1) is 13.0. The predicted molar refractivity (Wildman–Crippen MR) is 61.6 cm³/mol. The zero-order valence-corrected chi connectivity index (χ0v) is 10.2. The van der Waals surface area contributed by atoms with Crippen molar-refractivity contribution in [1.82, 2.24) is 4.90 Å². The van der Waals surface area contributed by atoms with Gasteiger partial charge in [-0.05, 0) is 26.4 Å². The molecule has 1 atom stereocenters. The van der Waals surface area contributed by atoms with Crippen molar-refractivity contribution in [3.63, 3.8) is 0 Å². The van der Waals surface area contributed by atoms with E-state index in [9.17, 15) is 4.79 Å². The second kappa shape index (κ2) is 5.30. The van der Waals surface area contributed by atoms with Crippen LogP contribution in [0.3, 0.4) is 0 Å². The largest absolute Gasteiger partial charge is 0.477 e. The fourth-order valence-electron chi connectivity index (χ4n) is 2.18. The zero-order valence-electron chi connectivity index (χ0n) is 10.2. The summed E-state index contributed by atoms with van der Waals surface area (Å²) in [6.45, 7) is 5.82. The maximum absolute atomic E-state index is 10.7. The number of oxime groups is 1. The van der Waals surface area contributed by atoms with Gasteiger partial charge in [0.25, 0.3) is 0 Å². The Balaban J connectivity index is 0.000000606. The first-order valence-electron chi connectivity index (χ1n) is 5.78. The first-order valence-corrected chi connectivity index (χ1v) is 5.78. The van der Waals surface area contributed by atoms with Gasteiger partial charge in [0.2, 0.25) is 0 Å². The number of carboxylic acid groups (broad SMARTS) is 1. The van der Waals surface area contributed by atoms with Crippen LogP contribution in [-0.4, -0.2) is 47.4 Å². The van der Waals surface area contributed by atoms with Crippen LogP contribution < -0.4 is 0 Å². The van der Waals surface area contributed by atoms with E-state index in [2.05, 4.69) is 10.1 Å². The normalized spacial score (nSPS) is 29.1. The van der Waals surface area contributed by atoms with E-state index < -0.39 is 5.97 Å². The summed E-state index contributed by atoms with van der Waals surface area (Å²) >= 11 is 0. The molecular formula is C11H20N2O3. The van der Waals surface area contributed by atoms with Crippen LogP contribution in [0.2, 0.25) is 0 Å². The van der Waals surface area contributed by atoms with E-state index in [1.807, 2.05) is 20.9 Å². The van der Waals surface area contributed by atoms with Crippen LogP contribution in [0.5, 0.6) is 0 Å². The van der Waals surface area contributed by atoms with Crippen molar-refractivity contribution in [2.75, 3.05) is 20.1 Å². The van der Waals surface area contributed by atoms with Crippen molar-refractivity contribution < 1.29 is 14.7 Å². The summed E-state index contributed by atoms with van der Waals surface area (Å²) in [7, 11) is 2.02. The van der Waals surface area contributed by atoms with Crippen molar-refractivity contribution in [1.29, 1.82) is 0 Å². The van der Waals surface area contributed by atoms with Crippen molar-refractivity contribution in [2.45, 2.75) is 38.7 Å². The van der Waals surface area contributed by atoms with E-state index >= 15 is 0 Å². The van der Waals surface area contributed by atoms with Crippen LogP contribution in [0, 0.1) is 0 Å². The van der Waals surface area contributed by atoms with Gasteiger partial charge in [-0.3, -0.25) is 0 Å². The molecule has 5 heteroatoms. The van der Waals surface area contributed by atoms with Gasteiger partial charge in [-0.25, -0.2) is 4.79 Å². The summed E-state index contributed by atoms with van der Waals surface area (Å²) in [6.07, 6.45) is 2.38. The van der Waals surface area contributed by atoms with E-state index in [0.717, 1.165) is 25.9 Å². The molecule has 16 heavy (non-hydrogen) atoms. The molecule has 0 aliphatic carbocycles. The van der Waals surface area contributed by atoms with Crippen LogP contribution in [0.15, 0.2) is 5.16 Å². The minimum Gasteiger partial charge on any atom is -0.477 e. The van der Waals surface area contributed by atoms with Gasteiger partial charge >= 0.3 is 5.97 Å². The maximum Gasteiger partial charge on any atom is 0.353 e. The van der Waals surface area contributed by atoms with Gasteiger partial charge in [0.1, 0.15) is 0 Å². The van der Waals surface area contributed by atoms with Gasteiger partial charge in [0, 0.05) is 13.0 Å². The predicted octanol–water partition coefficient (Wildman–Crippen LogP) is 1.34. The molecule has 1 saturated heterocycles. The molecule has 1 spiro atoms. The summed E-state index contributed by atoms with van der Waals surface area (Å²) in [5.41, 5.74) is -0.207. The van der Waals surface area contributed by atoms with E-state index in [4.69, 9.17) is 9.94 Å². The Morgan fingerprint density at radius 1 is 1.56 bits per heavy atom. The monoisotopic (exact) mass is 228 g/mol. The standard InChI is InChI=1S/C9H14N2O3.C2H6/c1-11-4-2-3-9(6-11)5-7(8(12)13)10-14-9;1-2/h2-6H2,1H3,(H,12,13);1-2H3. The highest BCUT2D eigenvalue weighted by Gasteiger charge is 2.43. The van der Waals surface area contributed by atoms with Crippen molar-refractivity contribution in [2.24, 2.45) is 5.16 Å². The van der Waals surface area contributed by atoms with Crippen LogP contribution in [-0.2, 0) is 9.63 Å². The fraction of sp³-hybridized carbons (Fsp3) is 0.818. The molecule has 5 nitrogen and oxygen atoms in total. The minimum atomic E-state index is -0.963. The SMILES string of the molecule is CC.CN1CCCC2(CC(C(=O)O)=NO2)C1. The third kappa shape index (κ3) is 2.72. The summed E-state index contributed by atoms with van der Waals surface area (Å²) in [5.74, 6) is -0.963. The topological polar surface area (TPSA) is 62.1 Å². The number of nitrogens with zero attached hydrogens (tertiary/aromatic N) is 2. The minimum absolute atomic E-state index is 0.153. The number of carboxylic acids is 1. The Labute approximate surface area is 96.1 Å². The van der Waals surface area contributed by atoms with E-state index in [-0.39, 0.29) is 11.3 Å². The lowest BCUT2D eigenvalue weighted by Gasteiger charge is -2.35. The molecule has 2 aliphatic heterocycles. The second-order valence-corrected chi connectivity index (χ2v) is 4.14. The molecule has 0 amide bonds. The number of aliphatic carboxylic acids is 1. The van der Waals surface area contributed by atoms with Crippen LogP contribution >= 0.6 is 0 Å². The number of likely N-dealkylation sites (tertiary alicyclic amines) is 1. The number of carbonyl (C=O) groups is 1. The molecule has 2 rings (SSSR count). The molecule has 2 aliphatic rings. The summed E-state index contributed by atoms with van der Waals surface area (Å²) in [6, 6.07) is 0. The molecule has 92 valence electrons. The molecule has 0 aromatic rings. The van der Waals surface area contributed by atoms with Gasteiger partial charge in [0.05, 0.1) is 0 Å². The molecule has 1 unspecified atom stereocenters. The van der Waals surface area contributed by atoms with Crippen molar-refractivity contribution >= 4 is 11.7 Å². The smallest absolute Gasteiger partial charge is 0.353 e. The number of hydrogen-bond acceptors (Lipinski definition) is 4. The number of likely N-dealkylation sites (N-methyl/N-ethyl adjacent to an activating group) is 1. The molecule has 1 N–H and O–H groups in total. The van der Waals surface area contributed by atoms with Gasteiger partial charge in [-0.1, -0.05) is 19.0 Å².